The minimum Gasteiger partial charge on any atom is -0.382 e. The first-order valence-electron chi connectivity index (χ1n) is 5.96. The molecule has 0 aliphatic rings. The molecule has 0 saturated carbocycles. The SMILES string of the molecule is CC(Nc1ccc([N+](=O)[O-])cc1C(F)F)C(C)(C)C. The molecule has 1 aromatic carbocycles. The Morgan fingerprint density at radius 1 is 1.32 bits per heavy atom. The number of nitrogens with one attached hydrogen (secondary N) is 1. The Balaban J connectivity index is 3.11. The summed E-state index contributed by atoms with van der Waals surface area (Å²) < 4.78 is 25.9. The van der Waals surface area contributed by atoms with Crippen molar-refractivity contribution in [1.29, 1.82) is 0 Å². The Labute approximate surface area is 111 Å². The number of nitro groups is 1. The van der Waals surface area contributed by atoms with Crippen molar-refractivity contribution >= 4 is 11.4 Å². The lowest BCUT2D eigenvalue weighted by atomic mass is 9.88. The van der Waals surface area contributed by atoms with E-state index in [-0.39, 0.29) is 28.4 Å². The van der Waals surface area contributed by atoms with Crippen molar-refractivity contribution in [2.24, 2.45) is 5.41 Å². The minimum atomic E-state index is -2.76. The first-order valence-corrected chi connectivity index (χ1v) is 5.96. The van der Waals surface area contributed by atoms with Gasteiger partial charge in [0.1, 0.15) is 0 Å². The zero-order chi connectivity index (χ0) is 14.8. The van der Waals surface area contributed by atoms with E-state index in [1.807, 2.05) is 27.7 Å². The van der Waals surface area contributed by atoms with E-state index >= 15 is 0 Å². The molecule has 1 aromatic rings. The monoisotopic (exact) mass is 272 g/mol. The fourth-order valence-electron chi connectivity index (χ4n) is 1.43. The van der Waals surface area contributed by atoms with Crippen LogP contribution in [0.3, 0.4) is 0 Å². The van der Waals surface area contributed by atoms with Gasteiger partial charge in [-0.3, -0.25) is 10.1 Å². The molecule has 0 radical (unpaired) electrons. The van der Waals surface area contributed by atoms with Gasteiger partial charge in [0.2, 0.25) is 0 Å². The fraction of sp³-hybridized carbons (Fsp3) is 0.538. The molecule has 0 aliphatic carbocycles. The third kappa shape index (κ3) is 3.87. The van der Waals surface area contributed by atoms with Gasteiger partial charge in [0.05, 0.1) is 4.92 Å². The number of rotatable bonds is 4. The summed E-state index contributed by atoms with van der Waals surface area (Å²) in [4.78, 5) is 9.93. The van der Waals surface area contributed by atoms with E-state index in [0.29, 0.717) is 0 Å². The molecule has 0 aliphatic heterocycles. The Hall–Kier alpha value is -1.72. The van der Waals surface area contributed by atoms with E-state index in [1.54, 1.807) is 0 Å². The summed E-state index contributed by atoms with van der Waals surface area (Å²) >= 11 is 0. The van der Waals surface area contributed by atoms with Crippen LogP contribution in [0, 0.1) is 15.5 Å². The van der Waals surface area contributed by atoms with Gasteiger partial charge in [-0.25, -0.2) is 8.78 Å². The van der Waals surface area contributed by atoms with Crippen molar-refractivity contribution in [2.45, 2.75) is 40.2 Å². The normalized spacial score (nSPS) is 13.4. The number of halogens is 2. The molecule has 4 nitrogen and oxygen atoms in total. The number of nitro benzene ring substituents is 1. The average Bonchev–Trinajstić information content (AvgIpc) is 2.27. The van der Waals surface area contributed by atoms with Crippen molar-refractivity contribution < 1.29 is 13.7 Å². The highest BCUT2D eigenvalue weighted by atomic mass is 19.3. The van der Waals surface area contributed by atoms with Crippen LogP contribution >= 0.6 is 0 Å². The molecule has 0 amide bonds. The van der Waals surface area contributed by atoms with Crippen LogP contribution in [-0.2, 0) is 0 Å². The lowest BCUT2D eigenvalue weighted by Crippen LogP contribution is -2.31. The Bertz CT molecular complexity index is 470. The first-order chi connectivity index (χ1) is 8.62. The third-order valence-corrected chi connectivity index (χ3v) is 3.15. The van der Waals surface area contributed by atoms with E-state index in [1.165, 1.54) is 12.1 Å². The quantitative estimate of drug-likeness (QED) is 0.653. The van der Waals surface area contributed by atoms with Crippen molar-refractivity contribution in [1.82, 2.24) is 0 Å². The summed E-state index contributed by atoms with van der Waals surface area (Å²) in [7, 11) is 0. The van der Waals surface area contributed by atoms with Gasteiger partial charge in [0.15, 0.2) is 0 Å². The van der Waals surface area contributed by atoms with Gasteiger partial charge in [0.25, 0.3) is 12.1 Å². The second-order valence-corrected chi connectivity index (χ2v) is 5.56. The second kappa shape index (κ2) is 5.50. The molecule has 1 unspecified atom stereocenters. The summed E-state index contributed by atoms with van der Waals surface area (Å²) in [6, 6.07) is 3.43. The summed E-state index contributed by atoms with van der Waals surface area (Å²) in [5.74, 6) is 0. The maximum absolute atomic E-state index is 13.0. The van der Waals surface area contributed by atoms with Crippen LogP contribution in [0.1, 0.15) is 39.7 Å². The molecule has 1 atom stereocenters. The van der Waals surface area contributed by atoms with Crippen LogP contribution in [0.4, 0.5) is 20.2 Å². The van der Waals surface area contributed by atoms with Gasteiger partial charge < -0.3 is 5.32 Å². The predicted octanol–water partition coefficient (Wildman–Crippen LogP) is 4.38. The highest BCUT2D eigenvalue weighted by molar-refractivity contribution is 5.57. The van der Waals surface area contributed by atoms with Gasteiger partial charge in [-0.2, -0.15) is 0 Å². The molecule has 1 rings (SSSR count). The molecule has 0 heterocycles. The van der Waals surface area contributed by atoms with E-state index < -0.39 is 11.3 Å². The maximum Gasteiger partial charge on any atom is 0.270 e. The standard InChI is InChI=1S/C13H18F2N2O2/c1-8(13(2,3)4)16-11-6-5-9(17(18)19)7-10(11)12(14)15/h5-8,12,16H,1-4H3. The average molecular weight is 272 g/mol. The topological polar surface area (TPSA) is 55.2 Å². The summed E-state index contributed by atoms with van der Waals surface area (Å²) in [5.41, 5.74) is -0.543. The van der Waals surface area contributed by atoms with Gasteiger partial charge in [-0.15, -0.1) is 0 Å². The molecule has 6 heteroatoms. The van der Waals surface area contributed by atoms with Crippen molar-refractivity contribution in [3.63, 3.8) is 0 Å². The van der Waals surface area contributed by atoms with Crippen LogP contribution in [0.15, 0.2) is 18.2 Å². The van der Waals surface area contributed by atoms with Crippen LogP contribution in [0.2, 0.25) is 0 Å². The van der Waals surface area contributed by atoms with E-state index in [4.69, 9.17) is 0 Å². The van der Waals surface area contributed by atoms with Gasteiger partial charge in [-0.1, -0.05) is 20.8 Å². The molecule has 1 N–H and O–H groups in total. The zero-order valence-electron chi connectivity index (χ0n) is 11.4. The smallest absolute Gasteiger partial charge is 0.270 e. The van der Waals surface area contributed by atoms with Crippen molar-refractivity contribution in [3.05, 3.63) is 33.9 Å². The van der Waals surface area contributed by atoms with Gasteiger partial charge in [0, 0.05) is 29.4 Å². The first kappa shape index (κ1) is 15.3. The highest BCUT2D eigenvalue weighted by Crippen LogP contribution is 2.32. The van der Waals surface area contributed by atoms with Crippen molar-refractivity contribution in [2.75, 3.05) is 5.32 Å². The Morgan fingerprint density at radius 3 is 2.32 bits per heavy atom. The van der Waals surface area contributed by atoms with E-state index in [9.17, 15) is 18.9 Å². The summed E-state index contributed by atoms with van der Waals surface area (Å²) in [5, 5.41) is 13.6. The number of hydrogen-bond donors (Lipinski definition) is 1. The summed E-state index contributed by atoms with van der Waals surface area (Å²) in [6.45, 7) is 7.84. The second-order valence-electron chi connectivity index (χ2n) is 5.56. The fourth-order valence-corrected chi connectivity index (χ4v) is 1.43. The minimum absolute atomic E-state index is 0.0496. The largest absolute Gasteiger partial charge is 0.382 e. The van der Waals surface area contributed by atoms with Gasteiger partial charge in [-0.05, 0) is 18.4 Å². The molecular weight excluding hydrogens is 254 g/mol. The van der Waals surface area contributed by atoms with E-state index in [0.717, 1.165) is 6.07 Å². The zero-order valence-corrected chi connectivity index (χ0v) is 11.4. The number of benzene rings is 1. The lowest BCUT2D eigenvalue weighted by Gasteiger charge is -2.29. The van der Waals surface area contributed by atoms with Gasteiger partial charge >= 0.3 is 0 Å². The molecule has 0 spiro atoms. The molecular formula is C13H18F2N2O2. The van der Waals surface area contributed by atoms with Crippen LogP contribution in [-0.4, -0.2) is 11.0 Å². The van der Waals surface area contributed by atoms with Crippen LogP contribution in [0.5, 0.6) is 0 Å². The Kier molecular flexibility index (Phi) is 4.44. The Morgan fingerprint density at radius 2 is 1.89 bits per heavy atom. The number of nitrogens with zero attached hydrogens (tertiary/aromatic N) is 1. The molecule has 19 heavy (non-hydrogen) atoms. The molecule has 0 saturated heterocycles. The van der Waals surface area contributed by atoms with Crippen molar-refractivity contribution in [3.8, 4) is 0 Å². The molecule has 106 valence electrons. The van der Waals surface area contributed by atoms with E-state index in [2.05, 4.69) is 5.32 Å². The van der Waals surface area contributed by atoms with Crippen LogP contribution < -0.4 is 5.32 Å². The molecule has 0 bridgehead atoms. The summed E-state index contributed by atoms with van der Waals surface area (Å²) in [6.07, 6.45) is -2.76. The number of hydrogen-bond acceptors (Lipinski definition) is 3. The van der Waals surface area contributed by atoms with Crippen LogP contribution in [0.25, 0.3) is 0 Å². The number of alkyl halides is 2. The molecule has 0 aromatic heterocycles. The highest BCUT2D eigenvalue weighted by Gasteiger charge is 2.23. The number of non-ortho nitro benzene ring substituents is 1. The number of anilines is 1. The lowest BCUT2D eigenvalue weighted by molar-refractivity contribution is -0.385. The maximum atomic E-state index is 13.0. The molecule has 0 fully saturated rings. The predicted molar refractivity (Wildman–Crippen MR) is 70.6 cm³/mol. The third-order valence-electron chi connectivity index (χ3n) is 3.15.